The number of ether oxygens (including phenoxy) is 1. The predicted octanol–water partition coefficient (Wildman–Crippen LogP) is 5.71. The number of aryl methyl sites for hydroxylation is 1. The highest BCUT2D eigenvalue weighted by Crippen LogP contribution is 2.36. The molecular weight excluding hydrogens is 563 g/mol. The van der Waals surface area contributed by atoms with Crippen molar-refractivity contribution in [1.82, 2.24) is 20.3 Å². The molecule has 0 spiro atoms. The fourth-order valence-electron chi connectivity index (χ4n) is 5.15. The number of thiophene rings is 1. The molecule has 5 rings (SSSR count). The number of likely N-dealkylation sites (N-methyl/N-ethyl adjacent to an activating group) is 1. The molecule has 12 heteroatoms. The minimum absolute atomic E-state index is 0. The van der Waals surface area contributed by atoms with Crippen LogP contribution in [0.5, 0.6) is 5.75 Å². The molecule has 2 N–H and O–H groups in total. The lowest BCUT2D eigenvalue weighted by Gasteiger charge is -2.28. The van der Waals surface area contributed by atoms with Crippen LogP contribution in [0.4, 0.5) is 19.0 Å². The van der Waals surface area contributed by atoms with E-state index in [-0.39, 0.29) is 29.4 Å². The summed E-state index contributed by atoms with van der Waals surface area (Å²) in [7, 11) is 3.46. The SMILES string of the molecule is COc1cc(-c2ccc(CN[C@H]3C[C@@H](O)[C@@H](N(C)c4ncnc5sc(CC(F)(F)F)cc45)C3)cc2)cnc1C.Cl. The Labute approximate surface area is 240 Å². The molecule has 40 heavy (non-hydrogen) atoms. The van der Waals surface area contributed by atoms with Gasteiger partial charge in [0, 0.05) is 36.3 Å². The molecule has 0 bridgehead atoms. The van der Waals surface area contributed by atoms with Crippen LogP contribution in [-0.4, -0.2) is 58.6 Å². The van der Waals surface area contributed by atoms with Crippen LogP contribution in [0.1, 0.15) is 29.0 Å². The first-order valence-electron chi connectivity index (χ1n) is 12.7. The minimum atomic E-state index is -4.29. The van der Waals surface area contributed by atoms with Crippen molar-refractivity contribution in [2.24, 2.45) is 0 Å². The lowest BCUT2D eigenvalue weighted by Crippen LogP contribution is -2.38. The predicted molar refractivity (Wildman–Crippen MR) is 153 cm³/mol. The Bertz CT molecular complexity index is 1450. The van der Waals surface area contributed by atoms with Gasteiger partial charge in [-0.3, -0.25) is 4.98 Å². The first kappa shape index (κ1) is 30.0. The molecule has 1 aromatic carbocycles. The van der Waals surface area contributed by atoms with E-state index >= 15 is 0 Å². The molecule has 3 heterocycles. The van der Waals surface area contributed by atoms with E-state index in [0.717, 1.165) is 39.5 Å². The minimum Gasteiger partial charge on any atom is -0.495 e. The molecule has 0 saturated heterocycles. The summed E-state index contributed by atoms with van der Waals surface area (Å²) in [4.78, 5) is 15.5. The molecule has 0 unspecified atom stereocenters. The van der Waals surface area contributed by atoms with Crippen molar-refractivity contribution < 1.29 is 23.0 Å². The molecule has 214 valence electrons. The van der Waals surface area contributed by atoms with Crippen LogP contribution in [0.3, 0.4) is 0 Å². The van der Waals surface area contributed by atoms with Gasteiger partial charge in [-0.05, 0) is 43.0 Å². The number of halogens is 4. The number of methoxy groups -OCH3 is 1. The summed E-state index contributed by atoms with van der Waals surface area (Å²) < 4.78 is 44.1. The monoisotopic (exact) mass is 593 g/mol. The summed E-state index contributed by atoms with van der Waals surface area (Å²) in [6.45, 7) is 2.55. The topological polar surface area (TPSA) is 83.4 Å². The second-order valence-electron chi connectivity index (χ2n) is 9.92. The van der Waals surface area contributed by atoms with Crippen LogP contribution in [-0.2, 0) is 13.0 Å². The van der Waals surface area contributed by atoms with Gasteiger partial charge in [0.2, 0.25) is 0 Å². The average molecular weight is 594 g/mol. The van der Waals surface area contributed by atoms with Gasteiger partial charge in [-0.25, -0.2) is 9.97 Å². The van der Waals surface area contributed by atoms with Gasteiger partial charge in [0.25, 0.3) is 0 Å². The van der Waals surface area contributed by atoms with Crippen molar-refractivity contribution in [3.8, 4) is 16.9 Å². The number of hydrogen-bond donors (Lipinski definition) is 2. The molecule has 0 amide bonds. The smallest absolute Gasteiger partial charge is 0.393 e. The standard InChI is InChI=1S/C28H30F3N5O2S.ClH/c1-16-25(38-3)8-19(14-32-16)18-6-4-17(5-7-18)13-33-20-9-23(24(37)10-20)36(2)26-22-11-21(12-28(29,30)31)39-27(22)35-15-34-26;/h4-8,11,14-15,20,23-24,33,37H,9-10,12-13H2,1-3H3;1H/t20-,23+,24-;/m1./s1. The zero-order chi connectivity index (χ0) is 27.7. The van der Waals surface area contributed by atoms with Gasteiger partial charge < -0.3 is 20.1 Å². The molecule has 7 nitrogen and oxygen atoms in total. The van der Waals surface area contributed by atoms with E-state index < -0.39 is 18.7 Å². The van der Waals surface area contributed by atoms with Gasteiger partial charge in [0.05, 0.1) is 36.8 Å². The van der Waals surface area contributed by atoms with Crippen LogP contribution >= 0.6 is 23.7 Å². The number of fused-ring (bicyclic) bond motifs is 1. The fraction of sp³-hybridized carbons (Fsp3) is 0.393. The van der Waals surface area contributed by atoms with Crippen LogP contribution in [0.2, 0.25) is 0 Å². The largest absolute Gasteiger partial charge is 0.495 e. The van der Waals surface area contributed by atoms with Gasteiger partial charge in [0.15, 0.2) is 0 Å². The van der Waals surface area contributed by atoms with Crippen molar-refractivity contribution in [1.29, 1.82) is 0 Å². The summed E-state index contributed by atoms with van der Waals surface area (Å²) in [5.41, 5.74) is 3.99. The lowest BCUT2D eigenvalue weighted by atomic mass is 10.0. The second kappa shape index (κ2) is 12.3. The zero-order valence-corrected chi connectivity index (χ0v) is 23.9. The first-order valence-corrected chi connectivity index (χ1v) is 13.5. The molecule has 1 fully saturated rings. The highest BCUT2D eigenvalue weighted by Gasteiger charge is 2.37. The second-order valence-corrected chi connectivity index (χ2v) is 11.0. The first-order chi connectivity index (χ1) is 18.6. The normalized spacial score (nSPS) is 19.0. The van der Waals surface area contributed by atoms with Gasteiger partial charge in [-0.1, -0.05) is 24.3 Å². The molecular formula is C28H31ClF3N5O2S. The molecule has 3 aromatic heterocycles. The van der Waals surface area contributed by atoms with Crippen molar-refractivity contribution in [2.45, 2.75) is 57.1 Å². The van der Waals surface area contributed by atoms with Crippen LogP contribution in [0, 0.1) is 6.92 Å². The summed E-state index contributed by atoms with van der Waals surface area (Å²) in [5.74, 6) is 1.29. The van der Waals surface area contributed by atoms with E-state index in [9.17, 15) is 18.3 Å². The van der Waals surface area contributed by atoms with E-state index in [2.05, 4.69) is 44.5 Å². The summed E-state index contributed by atoms with van der Waals surface area (Å²) in [6.07, 6.45) is -1.43. The number of benzene rings is 1. The highest BCUT2D eigenvalue weighted by molar-refractivity contribution is 7.18. The maximum Gasteiger partial charge on any atom is 0.393 e. The fourth-order valence-corrected chi connectivity index (χ4v) is 6.17. The van der Waals surface area contributed by atoms with Crippen molar-refractivity contribution >= 4 is 39.8 Å². The van der Waals surface area contributed by atoms with Crippen molar-refractivity contribution in [2.75, 3.05) is 19.1 Å². The average Bonchev–Trinajstić information content (AvgIpc) is 3.48. The summed E-state index contributed by atoms with van der Waals surface area (Å²) in [5, 5.41) is 15.0. The number of pyridine rings is 1. The molecule has 3 atom stereocenters. The molecule has 0 aliphatic heterocycles. The van der Waals surface area contributed by atoms with E-state index in [1.165, 1.54) is 12.4 Å². The van der Waals surface area contributed by atoms with Crippen molar-refractivity contribution in [3.05, 3.63) is 65.1 Å². The number of alkyl halides is 3. The van der Waals surface area contributed by atoms with E-state index in [4.69, 9.17) is 4.74 Å². The number of nitrogens with one attached hydrogen (secondary N) is 1. The number of nitrogens with zero attached hydrogens (tertiary/aromatic N) is 4. The van der Waals surface area contributed by atoms with E-state index in [1.54, 1.807) is 7.11 Å². The van der Waals surface area contributed by atoms with Gasteiger partial charge in [-0.15, -0.1) is 23.7 Å². The van der Waals surface area contributed by atoms with Crippen LogP contribution < -0.4 is 15.0 Å². The van der Waals surface area contributed by atoms with Gasteiger partial charge in [-0.2, -0.15) is 13.2 Å². The molecule has 0 radical (unpaired) electrons. The molecule has 4 aromatic rings. The number of aliphatic hydroxyl groups excluding tert-OH is 1. The number of rotatable bonds is 8. The Balaban J connectivity index is 0.00000370. The van der Waals surface area contributed by atoms with Crippen LogP contribution in [0.25, 0.3) is 21.3 Å². The Morgan fingerprint density at radius 1 is 1.10 bits per heavy atom. The highest BCUT2D eigenvalue weighted by atomic mass is 35.5. The van der Waals surface area contributed by atoms with E-state index in [1.807, 2.05) is 31.1 Å². The molecule has 1 aliphatic carbocycles. The Hall–Kier alpha value is -2.99. The molecule has 1 aliphatic rings. The summed E-state index contributed by atoms with van der Waals surface area (Å²) in [6, 6.07) is 11.6. The quantitative estimate of drug-likeness (QED) is 0.271. The van der Waals surface area contributed by atoms with Gasteiger partial charge >= 0.3 is 6.18 Å². The Morgan fingerprint density at radius 3 is 2.55 bits per heavy atom. The maximum atomic E-state index is 12.9. The third-order valence-electron chi connectivity index (χ3n) is 7.20. The number of hydrogen-bond acceptors (Lipinski definition) is 8. The third-order valence-corrected chi connectivity index (χ3v) is 8.25. The zero-order valence-electron chi connectivity index (χ0n) is 22.3. The van der Waals surface area contributed by atoms with Gasteiger partial charge in [0.1, 0.15) is 22.7 Å². The number of anilines is 1. The maximum absolute atomic E-state index is 12.9. The van der Waals surface area contributed by atoms with E-state index in [0.29, 0.717) is 35.4 Å². The third kappa shape index (κ3) is 6.65. The molecule has 1 saturated carbocycles. The van der Waals surface area contributed by atoms with Crippen LogP contribution in [0.15, 0.2) is 48.9 Å². The number of aromatic nitrogens is 3. The number of aliphatic hydroxyl groups is 1. The summed E-state index contributed by atoms with van der Waals surface area (Å²) >= 11 is 1.02. The Kier molecular flexibility index (Phi) is 9.19. The van der Waals surface area contributed by atoms with Crippen molar-refractivity contribution in [3.63, 3.8) is 0 Å². The lowest BCUT2D eigenvalue weighted by molar-refractivity contribution is -0.126. The Morgan fingerprint density at radius 2 is 1.85 bits per heavy atom.